The van der Waals surface area contributed by atoms with Crippen LogP contribution in [0.4, 0.5) is 0 Å². The van der Waals surface area contributed by atoms with Gasteiger partial charge < -0.3 is 9.84 Å². The predicted molar refractivity (Wildman–Crippen MR) is 73.8 cm³/mol. The first-order chi connectivity index (χ1) is 8.83. The number of hydrogen-bond acceptors (Lipinski definition) is 3. The number of nitrogens with zero attached hydrogens (tertiary/aromatic N) is 1. The van der Waals surface area contributed by atoms with Crippen molar-refractivity contribution in [2.45, 2.75) is 26.4 Å². The Morgan fingerprint density at radius 2 is 2.05 bits per heavy atom. The number of carboxylic acid groups (broad SMARTS) is 1. The van der Waals surface area contributed by atoms with Crippen LogP contribution in [-0.2, 0) is 4.79 Å². The minimum Gasteiger partial charge on any atom is -0.478 e. The molecule has 0 saturated carbocycles. The molecule has 0 bridgehead atoms. The van der Waals surface area contributed by atoms with E-state index in [2.05, 4.69) is 4.98 Å². The van der Waals surface area contributed by atoms with Crippen molar-refractivity contribution in [1.29, 1.82) is 0 Å². The number of hydrogen-bond donors (Lipinski definition) is 1. The van der Waals surface area contributed by atoms with Crippen LogP contribution in [0.3, 0.4) is 0 Å². The molecule has 1 N–H and O–H groups in total. The van der Waals surface area contributed by atoms with Gasteiger partial charge >= 0.3 is 5.97 Å². The molecule has 0 saturated heterocycles. The van der Waals surface area contributed by atoms with E-state index in [1.807, 2.05) is 13.0 Å². The lowest BCUT2D eigenvalue weighted by atomic mass is 10.1. The van der Waals surface area contributed by atoms with Crippen molar-refractivity contribution in [3.05, 3.63) is 35.0 Å². The van der Waals surface area contributed by atoms with Gasteiger partial charge in [-0.15, -0.1) is 0 Å². The number of halogens is 1. The molecule has 4 nitrogen and oxygen atoms in total. The highest BCUT2D eigenvalue weighted by Crippen LogP contribution is 2.33. The fraction of sp³-hybridized carbons (Fsp3) is 0.286. The Kier molecular flexibility index (Phi) is 3.37. The highest BCUT2D eigenvalue weighted by atomic mass is 35.5. The molecule has 0 spiro atoms. The molecule has 1 aromatic heterocycles. The predicted octanol–water partition coefficient (Wildman–Crippen LogP) is 3.44. The van der Waals surface area contributed by atoms with E-state index >= 15 is 0 Å². The Balaban J connectivity index is 2.60. The number of aliphatic carboxylic acids is 1. The normalized spacial score (nSPS) is 11.6. The maximum atomic E-state index is 11.1. The van der Waals surface area contributed by atoms with Crippen LogP contribution in [0.1, 0.15) is 19.4 Å². The zero-order valence-electron chi connectivity index (χ0n) is 10.9. The zero-order valence-corrected chi connectivity index (χ0v) is 11.7. The summed E-state index contributed by atoms with van der Waals surface area (Å²) in [6.07, 6.45) is 1.65. The molecule has 2 aromatic rings. The van der Waals surface area contributed by atoms with Crippen molar-refractivity contribution in [3.8, 4) is 5.75 Å². The first kappa shape index (κ1) is 13.6. The summed E-state index contributed by atoms with van der Waals surface area (Å²) in [5, 5.41) is 10.5. The van der Waals surface area contributed by atoms with Gasteiger partial charge in [-0.3, -0.25) is 4.98 Å². The van der Waals surface area contributed by atoms with Gasteiger partial charge in [0.1, 0.15) is 11.3 Å². The van der Waals surface area contributed by atoms with Crippen molar-refractivity contribution in [2.24, 2.45) is 0 Å². The Hall–Kier alpha value is -1.81. The molecule has 100 valence electrons. The summed E-state index contributed by atoms with van der Waals surface area (Å²) in [6.45, 7) is 4.90. The summed E-state index contributed by atoms with van der Waals surface area (Å²) >= 11 is 6.16. The number of aryl methyl sites for hydroxylation is 1. The molecule has 1 aromatic carbocycles. The number of benzene rings is 1. The molecule has 1 heterocycles. The van der Waals surface area contributed by atoms with Crippen LogP contribution in [0.15, 0.2) is 24.4 Å². The molecular weight excluding hydrogens is 266 g/mol. The number of pyridine rings is 1. The molecule has 19 heavy (non-hydrogen) atoms. The monoisotopic (exact) mass is 279 g/mol. The summed E-state index contributed by atoms with van der Waals surface area (Å²) in [4.78, 5) is 15.4. The number of carboxylic acids is 1. The lowest BCUT2D eigenvalue weighted by Crippen LogP contribution is -2.37. The van der Waals surface area contributed by atoms with Crippen molar-refractivity contribution in [1.82, 2.24) is 4.98 Å². The maximum absolute atomic E-state index is 11.1. The Morgan fingerprint density at radius 1 is 1.37 bits per heavy atom. The molecule has 0 aliphatic carbocycles. The van der Waals surface area contributed by atoms with Crippen LogP contribution < -0.4 is 4.74 Å². The average molecular weight is 280 g/mol. The topological polar surface area (TPSA) is 59.4 Å². The van der Waals surface area contributed by atoms with Gasteiger partial charge in [0.05, 0.1) is 5.02 Å². The number of rotatable bonds is 3. The molecule has 0 aliphatic rings. The van der Waals surface area contributed by atoms with Crippen molar-refractivity contribution < 1.29 is 14.6 Å². The van der Waals surface area contributed by atoms with Gasteiger partial charge in [0, 0.05) is 11.6 Å². The van der Waals surface area contributed by atoms with Gasteiger partial charge in [-0.25, -0.2) is 4.79 Å². The van der Waals surface area contributed by atoms with Gasteiger partial charge in [0.25, 0.3) is 0 Å². The Bertz CT molecular complexity index is 644. The van der Waals surface area contributed by atoms with E-state index in [4.69, 9.17) is 21.4 Å². The largest absolute Gasteiger partial charge is 0.478 e. The number of fused-ring (bicyclic) bond motifs is 1. The summed E-state index contributed by atoms with van der Waals surface area (Å²) in [5.74, 6) is -0.626. The summed E-state index contributed by atoms with van der Waals surface area (Å²) < 4.78 is 5.57. The van der Waals surface area contributed by atoms with Gasteiger partial charge in [-0.2, -0.15) is 0 Å². The smallest absolute Gasteiger partial charge is 0.347 e. The van der Waals surface area contributed by atoms with Gasteiger partial charge in [-0.05, 0) is 44.5 Å². The standard InChI is InChI=1S/C14H14ClNO3/c1-8-6-7-16-12-10(5-4-9(15)11(8)12)19-14(2,3)13(17)18/h4-7H,1-3H3,(H,17,18). The molecule has 0 radical (unpaired) electrons. The fourth-order valence-electron chi connectivity index (χ4n) is 1.76. The van der Waals surface area contributed by atoms with Crippen LogP contribution in [-0.4, -0.2) is 21.7 Å². The van der Waals surface area contributed by atoms with E-state index in [0.717, 1.165) is 10.9 Å². The molecular formula is C14H14ClNO3. The van der Waals surface area contributed by atoms with Crippen molar-refractivity contribution in [3.63, 3.8) is 0 Å². The number of ether oxygens (including phenoxy) is 1. The van der Waals surface area contributed by atoms with E-state index in [1.165, 1.54) is 13.8 Å². The van der Waals surface area contributed by atoms with E-state index in [0.29, 0.717) is 16.3 Å². The van der Waals surface area contributed by atoms with Crippen LogP contribution in [0.25, 0.3) is 10.9 Å². The second-order valence-electron chi connectivity index (χ2n) is 4.81. The third-order valence-electron chi connectivity index (χ3n) is 2.89. The maximum Gasteiger partial charge on any atom is 0.347 e. The van der Waals surface area contributed by atoms with Gasteiger partial charge in [0.15, 0.2) is 5.60 Å². The second-order valence-corrected chi connectivity index (χ2v) is 5.22. The van der Waals surface area contributed by atoms with Crippen LogP contribution >= 0.6 is 11.6 Å². The molecule has 5 heteroatoms. The third kappa shape index (κ3) is 2.49. The highest BCUT2D eigenvalue weighted by molar-refractivity contribution is 6.35. The van der Waals surface area contributed by atoms with E-state index < -0.39 is 11.6 Å². The lowest BCUT2D eigenvalue weighted by molar-refractivity contribution is -0.152. The van der Waals surface area contributed by atoms with Crippen LogP contribution in [0, 0.1) is 6.92 Å². The van der Waals surface area contributed by atoms with Crippen LogP contribution in [0.2, 0.25) is 5.02 Å². The number of aromatic nitrogens is 1. The molecule has 0 aliphatic heterocycles. The van der Waals surface area contributed by atoms with E-state index in [1.54, 1.807) is 18.3 Å². The summed E-state index contributed by atoms with van der Waals surface area (Å²) in [5.41, 5.74) is 0.210. The molecule has 2 rings (SSSR count). The Morgan fingerprint density at radius 3 is 2.68 bits per heavy atom. The van der Waals surface area contributed by atoms with Gasteiger partial charge in [0.2, 0.25) is 0 Å². The molecule has 0 fully saturated rings. The SMILES string of the molecule is Cc1ccnc2c(OC(C)(C)C(=O)O)ccc(Cl)c12. The summed E-state index contributed by atoms with van der Waals surface area (Å²) in [7, 11) is 0. The molecule has 0 amide bonds. The van der Waals surface area contributed by atoms with Gasteiger partial charge in [-0.1, -0.05) is 11.6 Å². The zero-order chi connectivity index (χ0) is 14.2. The quantitative estimate of drug-likeness (QED) is 0.935. The minimum absolute atomic E-state index is 0.413. The average Bonchev–Trinajstić information content (AvgIpc) is 2.32. The van der Waals surface area contributed by atoms with E-state index in [9.17, 15) is 4.79 Å². The van der Waals surface area contributed by atoms with Crippen molar-refractivity contribution in [2.75, 3.05) is 0 Å². The first-order valence-electron chi connectivity index (χ1n) is 5.79. The second kappa shape index (κ2) is 4.70. The first-order valence-corrected chi connectivity index (χ1v) is 6.17. The Labute approximate surface area is 116 Å². The van der Waals surface area contributed by atoms with Crippen LogP contribution in [0.5, 0.6) is 5.75 Å². The number of carbonyl (C=O) groups is 1. The van der Waals surface area contributed by atoms with E-state index in [-0.39, 0.29) is 0 Å². The summed E-state index contributed by atoms with van der Waals surface area (Å²) in [6, 6.07) is 5.17. The third-order valence-corrected chi connectivity index (χ3v) is 3.21. The molecule has 0 atom stereocenters. The minimum atomic E-state index is -1.33. The van der Waals surface area contributed by atoms with Crippen molar-refractivity contribution >= 4 is 28.5 Å². The lowest BCUT2D eigenvalue weighted by Gasteiger charge is -2.22. The highest BCUT2D eigenvalue weighted by Gasteiger charge is 2.30. The fourth-order valence-corrected chi connectivity index (χ4v) is 2.06. The molecule has 0 unspecified atom stereocenters.